The number of hydrogen-bond acceptors (Lipinski definition) is 5. The van der Waals surface area contributed by atoms with Crippen LogP contribution >= 0.6 is 0 Å². The molecule has 0 spiro atoms. The molecule has 0 radical (unpaired) electrons. The van der Waals surface area contributed by atoms with Crippen molar-refractivity contribution in [3.8, 4) is 17.2 Å². The van der Waals surface area contributed by atoms with E-state index in [1.807, 2.05) is 24.3 Å². The number of piperidine rings is 1. The molecule has 1 heterocycles. The van der Waals surface area contributed by atoms with Crippen molar-refractivity contribution >= 4 is 21.6 Å². The van der Waals surface area contributed by atoms with Gasteiger partial charge in [-0.05, 0) is 56.2 Å². The summed E-state index contributed by atoms with van der Waals surface area (Å²) >= 11 is 0. The summed E-state index contributed by atoms with van der Waals surface area (Å²) in [6.07, 6.45) is 1.06. The molecule has 2 aromatic rings. The van der Waals surface area contributed by atoms with Crippen molar-refractivity contribution in [2.24, 2.45) is 5.92 Å². The predicted molar refractivity (Wildman–Crippen MR) is 112 cm³/mol. The van der Waals surface area contributed by atoms with Gasteiger partial charge >= 0.3 is 0 Å². The van der Waals surface area contributed by atoms with Gasteiger partial charge in [0.05, 0.1) is 12.9 Å². The lowest BCUT2D eigenvalue weighted by atomic mass is 9.97. The van der Waals surface area contributed by atoms with Gasteiger partial charge < -0.3 is 14.8 Å². The zero-order valence-electron chi connectivity index (χ0n) is 16.6. The van der Waals surface area contributed by atoms with Gasteiger partial charge in [0.25, 0.3) is 0 Å². The summed E-state index contributed by atoms with van der Waals surface area (Å²) in [5.41, 5.74) is 0.672. The minimum absolute atomic E-state index is 0.0862. The van der Waals surface area contributed by atoms with E-state index >= 15 is 0 Å². The normalized spacial score (nSPS) is 15.7. The number of carbonyl (C=O) groups is 1. The van der Waals surface area contributed by atoms with Crippen LogP contribution in [-0.2, 0) is 14.8 Å². The number of amides is 1. The molecule has 1 N–H and O–H groups in total. The fourth-order valence-corrected chi connectivity index (χ4v) is 4.39. The highest BCUT2D eigenvalue weighted by Crippen LogP contribution is 2.31. The molecule has 1 amide bonds. The van der Waals surface area contributed by atoms with Gasteiger partial charge in [-0.2, -0.15) is 0 Å². The zero-order chi connectivity index (χ0) is 20.9. The third-order valence-corrected chi connectivity index (χ3v) is 6.88. The highest BCUT2D eigenvalue weighted by molar-refractivity contribution is 7.89. The molecule has 0 aromatic heterocycles. The molecule has 1 saturated heterocycles. The lowest BCUT2D eigenvalue weighted by Gasteiger charge is -2.30. The first-order valence-electron chi connectivity index (χ1n) is 9.62. The van der Waals surface area contributed by atoms with Crippen molar-refractivity contribution < 1.29 is 22.7 Å². The maximum atomic E-state index is 12.5. The van der Waals surface area contributed by atoms with Crippen LogP contribution in [0.3, 0.4) is 0 Å². The Morgan fingerprint density at radius 1 is 1.07 bits per heavy atom. The summed E-state index contributed by atoms with van der Waals surface area (Å²) in [4.78, 5) is 12.5. The molecular formula is C21H26N2O5S. The Labute approximate surface area is 171 Å². The highest BCUT2D eigenvalue weighted by atomic mass is 32.2. The first-order chi connectivity index (χ1) is 13.9. The first kappa shape index (κ1) is 21.1. The van der Waals surface area contributed by atoms with E-state index in [4.69, 9.17) is 9.47 Å². The van der Waals surface area contributed by atoms with Gasteiger partial charge in [-0.15, -0.1) is 0 Å². The van der Waals surface area contributed by atoms with E-state index in [0.29, 0.717) is 48.9 Å². The first-order valence-corrected chi connectivity index (χ1v) is 11.2. The van der Waals surface area contributed by atoms with Gasteiger partial charge in [-0.25, -0.2) is 12.7 Å². The van der Waals surface area contributed by atoms with Gasteiger partial charge in [0.1, 0.15) is 5.75 Å². The molecule has 29 heavy (non-hydrogen) atoms. The number of benzene rings is 2. The Balaban J connectivity index is 1.55. The molecular weight excluding hydrogens is 392 g/mol. The molecule has 8 heteroatoms. The highest BCUT2D eigenvalue weighted by Gasteiger charge is 2.30. The van der Waals surface area contributed by atoms with Gasteiger partial charge in [0.15, 0.2) is 11.5 Å². The number of nitrogens with one attached hydrogen (secondary N) is 1. The number of hydrogen-bond donors (Lipinski definition) is 1. The molecule has 0 atom stereocenters. The van der Waals surface area contributed by atoms with E-state index < -0.39 is 10.0 Å². The molecule has 3 rings (SSSR count). The van der Waals surface area contributed by atoms with Gasteiger partial charge in [0.2, 0.25) is 15.9 Å². The summed E-state index contributed by atoms with van der Waals surface area (Å²) in [5, 5.41) is 2.91. The fraction of sp³-hybridized carbons (Fsp3) is 0.381. The summed E-state index contributed by atoms with van der Waals surface area (Å²) < 4.78 is 36.4. The van der Waals surface area contributed by atoms with Crippen LogP contribution in [-0.4, -0.2) is 44.6 Å². The van der Waals surface area contributed by atoms with E-state index in [2.05, 4.69) is 5.32 Å². The smallest absolute Gasteiger partial charge is 0.227 e. The van der Waals surface area contributed by atoms with E-state index in [1.165, 1.54) is 4.31 Å². The second kappa shape index (κ2) is 9.28. The maximum Gasteiger partial charge on any atom is 0.227 e. The standard InChI is InChI=1S/C21H26N2O5S/c1-3-29(25,26)23-14-12-16(13-15-23)21(24)22-17-8-10-18(11-9-17)28-20-7-5-4-6-19(20)27-2/h4-11,16H,3,12-15H2,1-2H3,(H,22,24). The molecule has 7 nitrogen and oxygen atoms in total. The average molecular weight is 419 g/mol. The number of sulfonamides is 1. The Morgan fingerprint density at radius 2 is 1.69 bits per heavy atom. The molecule has 1 fully saturated rings. The van der Waals surface area contributed by atoms with Gasteiger partial charge in [0, 0.05) is 24.7 Å². The Bertz CT molecular complexity index is 936. The Morgan fingerprint density at radius 3 is 2.28 bits per heavy atom. The van der Waals surface area contributed by atoms with Crippen molar-refractivity contribution in [3.05, 3.63) is 48.5 Å². The molecule has 0 saturated carbocycles. The largest absolute Gasteiger partial charge is 0.493 e. The van der Waals surface area contributed by atoms with E-state index in [-0.39, 0.29) is 17.6 Å². The van der Waals surface area contributed by atoms with Crippen molar-refractivity contribution in [2.45, 2.75) is 19.8 Å². The van der Waals surface area contributed by atoms with Crippen molar-refractivity contribution in [1.82, 2.24) is 4.31 Å². The van der Waals surface area contributed by atoms with Crippen LogP contribution in [0.1, 0.15) is 19.8 Å². The van der Waals surface area contributed by atoms with Crippen LogP contribution in [0.15, 0.2) is 48.5 Å². The Kier molecular flexibility index (Phi) is 6.76. The zero-order valence-corrected chi connectivity index (χ0v) is 17.4. The monoisotopic (exact) mass is 418 g/mol. The molecule has 156 valence electrons. The molecule has 0 aliphatic carbocycles. The number of para-hydroxylation sites is 2. The SMILES string of the molecule is CCS(=O)(=O)N1CCC(C(=O)Nc2ccc(Oc3ccccc3OC)cc2)CC1. The molecule has 0 unspecified atom stereocenters. The predicted octanol–water partition coefficient (Wildman–Crippen LogP) is 3.49. The Hall–Kier alpha value is -2.58. The topological polar surface area (TPSA) is 84.9 Å². The van der Waals surface area contributed by atoms with Crippen LogP contribution < -0.4 is 14.8 Å². The molecule has 1 aliphatic rings. The number of ether oxygens (including phenoxy) is 2. The number of nitrogens with zero attached hydrogens (tertiary/aromatic N) is 1. The van der Waals surface area contributed by atoms with Crippen LogP contribution in [0, 0.1) is 5.92 Å². The van der Waals surface area contributed by atoms with Crippen molar-refractivity contribution in [3.63, 3.8) is 0 Å². The minimum Gasteiger partial charge on any atom is -0.493 e. The number of rotatable bonds is 7. The van der Waals surface area contributed by atoms with Crippen LogP contribution in [0.25, 0.3) is 0 Å². The molecule has 1 aliphatic heterocycles. The van der Waals surface area contributed by atoms with Crippen molar-refractivity contribution in [1.29, 1.82) is 0 Å². The number of anilines is 1. The summed E-state index contributed by atoms with van der Waals surface area (Å²) in [7, 11) is -1.60. The van der Waals surface area contributed by atoms with E-state index in [0.717, 1.165) is 0 Å². The summed E-state index contributed by atoms with van der Waals surface area (Å²) in [5.74, 6) is 1.69. The summed E-state index contributed by atoms with van der Waals surface area (Å²) in [6, 6.07) is 14.5. The second-order valence-corrected chi connectivity index (χ2v) is 9.10. The van der Waals surface area contributed by atoms with Crippen LogP contribution in [0.5, 0.6) is 17.2 Å². The van der Waals surface area contributed by atoms with Gasteiger partial charge in [-0.1, -0.05) is 12.1 Å². The summed E-state index contributed by atoms with van der Waals surface area (Å²) in [6.45, 7) is 2.41. The van der Waals surface area contributed by atoms with E-state index in [9.17, 15) is 13.2 Å². The molecule has 0 bridgehead atoms. The number of methoxy groups -OCH3 is 1. The maximum absolute atomic E-state index is 12.5. The lowest BCUT2D eigenvalue weighted by molar-refractivity contribution is -0.120. The van der Waals surface area contributed by atoms with Crippen LogP contribution in [0.2, 0.25) is 0 Å². The third-order valence-electron chi connectivity index (χ3n) is 5.00. The molecule has 2 aromatic carbocycles. The number of carbonyl (C=O) groups excluding carboxylic acids is 1. The van der Waals surface area contributed by atoms with Gasteiger partial charge in [-0.3, -0.25) is 4.79 Å². The van der Waals surface area contributed by atoms with Crippen LogP contribution in [0.4, 0.5) is 5.69 Å². The van der Waals surface area contributed by atoms with E-state index in [1.54, 1.807) is 38.3 Å². The quantitative estimate of drug-likeness (QED) is 0.744. The average Bonchev–Trinajstić information content (AvgIpc) is 2.75. The lowest BCUT2D eigenvalue weighted by Crippen LogP contribution is -2.42. The second-order valence-electron chi connectivity index (χ2n) is 6.84. The third kappa shape index (κ3) is 5.27. The fourth-order valence-electron chi connectivity index (χ4n) is 3.26. The van der Waals surface area contributed by atoms with Crippen molar-refractivity contribution in [2.75, 3.05) is 31.3 Å². The minimum atomic E-state index is -3.19.